The first-order valence-corrected chi connectivity index (χ1v) is 5.56. The Morgan fingerprint density at radius 2 is 1.88 bits per heavy atom. The zero-order chi connectivity index (χ0) is 12.9. The summed E-state index contributed by atoms with van der Waals surface area (Å²) in [7, 11) is 4.76. The molecule has 0 heterocycles. The van der Waals surface area contributed by atoms with E-state index in [9.17, 15) is 4.79 Å². The van der Waals surface area contributed by atoms with Gasteiger partial charge >= 0.3 is 5.97 Å². The summed E-state index contributed by atoms with van der Waals surface area (Å²) in [6.45, 7) is 1.94. The van der Waals surface area contributed by atoms with Crippen LogP contribution < -0.4 is 10.1 Å². The quantitative estimate of drug-likeness (QED) is 0.792. The third-order valence-corrected chi connectivity index (χ3v) is 3.07. The van der Waals surface area contributed by atoms with Crippen molar-refractivity contribution in [2.45, 2.75) is 18.9 Å². The molecule has 0 fully saturated rings. The van der Waals surface area contributed by atoms with Crippen LogP contribution in [0.1, 0.15) is 18.9 Å². The summed E-state index contributed by atoms with van der Waals surface area (Å²) >= 11 is 0. The lowest BCUT2D eigenvalue weighted by atomic mass is 9.87. The molecular formula is C13H19NO3. The molecule has 1 aromatic carbocycles. The van der Waals surface area contributed by atoms with Crippen molar-refractivity contribution in [1.29, 1.82) is 0 Å². The van der Waals surface area contributed by atoms with Gasteiger partial charge in [0, 0.05) is 0 Å². The summed E-state index contributed by atoms with van der Waals surface area (Å²) in [6.07, 6.45) is 0.614. The minimum atomic E-state index is -0.791. The largest absolute Gasteiger partial charge is 0.497 e. The van der Waals surface area contributed by atoms with Gasteiger partial charge in [0.05, 0.1) is 14.2 Å². The normalized spacial score (nSPS) is 13.9. The Labute approximate surface area is 102 Å². The molecule has 1 N–H and O–H groups in total. The maximum absolute atomic E-state index is 11.9. The number of benzene rings is 1. The van der Waals surface area contributed by atoms with Crippen molar-refractivity contribution in [3.8, 4) is 5.75 Å². The maximum atomic E-state index is 11.9. The summed E-state index contributed by atoms with van der Waals surface area (Å²) in [4.78, 5) is 11.9. The minimum absolute atomic E-state index is 0.285. The van der Waals surface area contributed by atoms with Gasteiger partial charge in [0.15, 0.2) is 0 Å². The summed E-state index contributed by atoms with van der Waals surface area (Å²) < 4.78 is 9.98. The number of esters is 1. The predicted octanol–water partition coefficient (Wildman–Crippen LogP) is 1.69. The van der Waals surface area contributed by atoms with Gasteiger partial charge in [-0.15, -0.1) is 0 Å². The summed E-state index contributed by atoms with van der Waals surface area (Å²) in [5.74, 6) is 0.479. The van der Waals surface area contributed by atoms with Gasteiger partial charge in [0.2, 0.25) is 0 Å². The second kappa shape index (κ2) is 5.68. The Hall–Kier alpha value is -1.55. The number of carbonyl (C=O) groups is 1. The Morgan fingerprint density at radius 1 is 1.29 bits per heavy atom. The highest BCUT2D eigenvalue weighted by Gasteiger charge is 2.38. The van der Waals surface area contributed by atoms with E-state index in [4.69, 9.17) is 9.47 Å². The van der Waals surface area contributed by atoms with Gasteiger partial charge in [-0.25, -0.2) is 4.79 Å². The van der Waals surface area contributed by atoms with Crippen molar-refractivity contribution >= 4 is 5.97 Å². The molecule has 94 valence electrons. The average molecular weight is 237 g/mol. The monoisotopic (exact) mass is 237 g/mol. The summed E-state index contributed by atoms with van der Waals surface area (Å²) in [5.41, 5.74) is 0.0799. The van der Waals surface area contributed by atoms with Crippen molar-refractivity contribution in [1.82, 2.24) is 5.32 Å². The molecule has 0 aliphatic rings. The molecule has 0 aliphatic carbocycles. The number of likely N-dealkylation sites (N-methyl/N-ethyl adjacent to an activating group) is 1. The van der Waals surface area contributed by atoms with E-state index in [1.165, 1.54) is 7.11 Å². The van der Waals surface area contributed by atoms with Crippen molar-refractivity contribution < 1.29 is 14.3 Å². The minimum Gasteiger partial charge on any atom is -0.497 e. The molecule has 0 bridgehead atoms. The van der Waals surface area contributed by atoms with E-state index >= 15 is 0 Å². The molecule has 1 atom stereocenters. The van der Waals surface area contributed by atoms with Crippen LogP contribution in [-0.2, 0) is 15.1 Å². The van der Waals surface area contributed by atoms with E-state index < -0.39 is 5.54 Å². The van der Waals surface area contributed by atoms with Crippen molar-refractivity contribution in [2.24, 2.45) is 0 Å². The van der Waals surface area contributed by atoms with E-state index in [-0.39, 0.29) is 5.97 Å². The fourth-order valence-electron chi connectivity index (χ4n) is 1.94. The van der Waals surface area contributed by atoms with Crippen LogP contribution in [0.15, 0.2) is 24.3 Å². The zero-order valence-electron chi connectivity index (χ0n) is 10.7. The van der Waals surface area contributed by atoms with E-state index in [1.807, 2.05) is 31.2 Å². The topological polar surface area (TPSA) is 47.6 Å². The van der Waals surface area contributed by atoms with Crippen LogP contribution in [0.4, 0.5) is 0 Å². The first kappa shape index (κ1) is 13.5. The molecule has 0 saturated heterocycles. The number of hydrogen-bond donors (Lipinski definition) is 1. The van der Waals surface area contributed by atoms with E-state index in [0.717, 1.165) is 11.3 Å². The number of carbonyl (C=O) groups excluding carboxylic acids is 1. The number of hydrogen-bond acceptors (Lipinski definition) is 4. The van der Waals surface area contributed by atoms with Gasteiger partial charge < -0.3 is 14.8 Å². The van der Waals surface area contributed by atoms with Crippen LogP contribution >= 0.6 is 0 Å². The van der Waals surface area contributed by atoms with Gasteiger partial charge in [-0.3, -0.25) is 0 Å². The third-order valence-electron chi connectivity index (χ3n) is 3.07. The lowest BCUT2D eigenvalue weighted by molar-refractivity contribution is -0.149. The van der Waals surface area contributed by atoms with Gasteiger partial charge in [0.1, 0.15) is 11.3 Å². The van der Waals surface area contributed by atoms with Gasteiger partial charge in [-0.05, 0) is 31.2 Å². The molecule has 1 unspecified atom stereocenters. The van der Waals surface area contributed by atoms with E-state index in [1.54, 1.807) is 14.2 Å². The Bertz CT molecular complexity index is 369. The van der Waals surface area contributed by atoms with Crippen molar-refractivity contribution in [3.05, 3.63) is 29.8 Å². The SMILES string of the molecule is CCC(NC)(C(=O)OC)c1ccc(OC)cc1. The molecule has 0 saturated carbocycles. The second-order valence-corrected chi connectivity index (χ2v) is 3.73. The van der Waals surface area contributed by atoms with Gasteiger partial charge in [-0.1, -0.05) is 19.1 Å². The molecule has 4 heteroatoms. The number of nitrogens with one attached hydrogen (secondary N) is 1. The maximum Gasteiger partial charge on any atom is 0.330 e. The molecule has 0 spiro atoms. The molecule has 4 nitrogen and oxygen atoms in total. The highest BCUT2D eigenvalue weighted by molar-refractivity contribution is 5.82. The lowest BCUT2D eigenvalue weighted by Crippen LogP contribution is -2.47. The molecular weight excluding hydrogens is 218 g/mol. The van der Waals surface area contributed by atoms with Crippen LogP contribution in [0, 0.1) is 0 Å². The van der Waals surface area contributed by atoms with Gasteiger partial charge in [0.25, 0.3) is 0 Å². The van der Waals surface area contributed by atoms with Crippen molar-refractivity contribution in [2.75, 3.05) is 21.3 Å². The van der Waals surface area contributed by atoms with E-state index in [2.05, 4.69) is 5.32 Å². The third kappa shape index (κ3) is 2.42. The Kier molecular flexibility index (Phi) is 4.52. The van der Waals surface area contributed by atoms with E-state index in [0.29, 0.717) is 6.42 Å². The smallest absolute Gasteiger partial charge is 0.330 e. The molecule has 0 amide bonds. The lowest BCUT2D eigenvalue weighted by Gasteiger charge is -2.30. The second-order valence-electron chi connectivity index (χ2n) is 3.73. The predicted molar refractivity (Wildman–Crippen MR) is 66.0 cm³/mol. The average Bonchev–Trinajstić information content (AvgIpc) is 2.41. The van der Waals surface area contributed by atoms with Crippen LogP contribution in [0.2, 0.25) is 0 Å². The number of ether oxygens (including phenoxy) is 2. The fourth-order valence-corrected chi connectivity index (χ4v) is 1.94. The first-order valence-electron chi connectivity index (χ1n) is 5.56. The molecule has 0 aromatic heterocycles. The van der Waals surface area contributed by atoms with Crippen LogP contribution in [-0.4, -0.2) is 27.2 Å². The molecule has 17 heavy (non-hydrogen) atoms. The molecule has 1 rings (SSSR count). The van der Waals surface area contributed by atoms with Crippen LogP contribution in [0.5, 0.6) is 5.75 Å². The fraction of sp³-hybridized carbons (Fsp3) is 0.462. The number of methoxy groups -OCH3 is 2. The Morgan fingerprint density at radius 3 is 2.24 bits per heavy atom. The molecule has 1 aromatic rings. The summed E-state index contributed by atoms with van der Waals surface area (Å²) in [6, 6.07) is 7.41. The molecule has 0 aliphatic heterocycles. The first-order chi connectivity index (χ1) is 8.14. The van der Waals surface area contributed by atoms with Crippen LogP contribution in [0.25, 0.3) is 0 Å². The highest BCUT2D eigenvalue weighted by atomic mass is 16.5. The summed E-state index contributed by atoms with van der Waals surface area (Å²) in [5, 5.41) is 3.05. The van der Waals surface area contributed by atoms with Gasteiger partial charge in [-0.2, -0.15) is 0 Å². The standard InChI is InChI=1S/C13H19NO3/c1-5-13(14-2,12(15)17-4)10-6-8-11(16-3)9-7-10/h6-9,14H,5H2,1-4H3. The van der Waals surface area contributed by atoms with Crippen molar-refractivity contribution in [3.63, 3.8) is 0 Å². The highest BCUT2D eigenvalue weighted by Crippen LogP contribution is 2.27. The van der Waals surface area contributed by atoms with Crippen LogP contribution in [0.3, 0.4) is 0 Å². The molecule has 0 radical (unpaired) electrons. The zero-order valence-corrected chi connectivity index (χ0v) is 10.7. The Balaban J connectivity index is 3.17. The number of rotatable bonds is 5.